The van der Waals surface area contributed by atoms with Crippen molar-refractivity contribution in [1.82, 2.24) is 4.31 Å². The monoisotopic (exact) mass is 533 g/mol. The molecule has 3 aromatic rings. The van der Waals surface area contributed by atoms with Gasteiger partial charge in [0.15, 0.2) is 0 Å². The molecule has 2 N–H and O–H groups in total. The third-order valence-corrected chi connectivity index (χ3v) is 9.23. The molecule has 1 saturated heterocycles. The summed E-state index contributed by atoms with van der Waals surface area (Å²) in [5.74, 6) is -0.609. The van der Waals surface area contributed by atoms with E-state index in [0.717, 1.165) is 18.4 Å². The molecule has 4 rings (SSSR count). The van der Waals surface area contributed by atoms with E-state index < -0.39 is 26.0 Å². The molecule has 184 valence electrons. The van der Waals surface area contributed by atoms with E-state index in [9.17, 15) is 21.6 Å². The lowest BCUT2D eigenvalue weighted by Crippen LogP contribution is -2.28. The predicted octanol–water partition coefficient (Wildman–Crippen LogP) is 4.49. The second-order valence-corrected chi connectivity index (χ2v) is 12.2. The van der Waals surface area contributed by atoms with Crippen LogP contribution in [-0.2, 0) is 20.0 Å². The maximum atomic E-state index is 12.9. The summed E-state index contributed by atoms with van der Waals surface area (Å²) in [6.07, 6.45) is 1.60. The topological polar surface area (TPSA) is 113 Å². The summed E-state index contributed by atoms with van der Waals surface area (Å²) < 4.78 is 54.9. The van der Waals surface area contributed by atoms with Gasteiger partial charge < -0.3 is 5.32 Å². The van der Waals surface area contributed by atoms with E-state index in [1.54, 1.807) is 24.3 Å². The fourth-order valence-electron chi connectivity index (χ4n) is 3.67. The first kappa shape index (κ1) is 25.2. The molecule has 0 atom stereocenters. The van der Waals surface area contributed by atoms with Gasteiger partial charge in [-0.3, -0.25) is 9.52 Å². The zero-order chi connectivity index (χ0) is 25.2. The Morgan fingerprint density at radius 1 is 0.829 bits per heavy atom. The number of halogens is 1. The normalized spacial score (nSPS) is 14.6. The average molecular weight is 534 g/mol. The number of amides is 1. The van der Waals surface area contributed by atoms with E-state index >= 15 is 0 Å². The molecule has 1 aliphatic heterocycles. The zero-order valence-electron chi connectivity index (χ0n) is 18.9. The Balaban J connectivity index is 1.50. The number of carbonyl (C=O) groups is 1. The molecule has 0 spiro atoms. The molecule has 1 heterocycles. The number of benzene rings is 3. The summed E-state index contributed by atoms with van der Waals surface area (Å²) in [5.41, 5.74) is 1.77. The molecule has 0 aromatic heterocycles. The van der Waals surface area contributed by atoms with Crippen molar-refractivity contribution >= 4 is 48.9 Å². The van der Waals surface area contributed by atoms with Crippen LogP contribution in [0.3, 0.4) is 0 Å². The van der Waals surface area contributed by atoms with Crippen LogP contribution < -0.4 is 10.0 Å². The van der Waals surface area contributed by atoms with Gasteiger partial charge >= 0.3 is 0 Å². The summed E-state index contributed by atoms with van der Waals surface area (Å²) in [6.45, 7) is 2.79. The third kappa shape index (κ3) is 5.67. The maximum absolute atomic E-state index is 12.9. The summed E-state index contributed by atoms with van der Waals surface area (Å²) in [5, 5.41) is 2.74. The Morgan fingerprint density at radius 3 is 2.03 bits per heavy atom. The number of hydrogen-bond acceptors (Lipinski definition) is 5. The molecule has 1 aliphatic rings. The molecule has 0 aliphatic carbocycles. The van der Waals surface area contributed by atoms with Crippen LogP contribution in [0, 0.1) is 6.92 Å². The van der Waals surface area contributed by atoms with E-state index in [2.05, 4.69) is 10.0 Å². The number of nitrogens with one attached hydrogen (secondary N) is 2. The minimum absolute atomic E-state index is 0.00225. The summed E-state index contributed by atoms with van der Waals surface area (Å²) >= 11 is 6.18. The van der Waals surface area contributed by atoms with Crippen LogP contribution in [0.2, 0.25) is 5.02 Å². The van der Waals surface area contributed by atoms with Crippen molar-refractivity contribution in [2.24, 2.45) is 0 Å². The largest absolute Gasteiger partial charge is 0.322 e. The van der Waals surface area contributed by atoms with E-state index in [4.69, 9.17) is 11.6 Å². The van der Waals surface area contributed by atoms with Crippen LogP contribution in [-0.4, -0.2) is 40.1 Å². The molecule has 0 bridgehead atoms. The maximum Gasteiger partial charge on any atom is 0.261 e. The predicted molar refractivity (Wildman–Crippen MR) is 136 cm³/mol. The standard InChI is InChI=1S/C24H24ClN3O5S2/c1-17-4-6-19(7-5-17)27-34(30,31)20-10-8-18(9-11-20)26-24(29)22-16-21(12-13-23(22)25)35(32,33)28-14-2-3-15-28/h4-13,16,27H,2-3,14-15H2,1H3,(H,26,29). The lowest BCUT2D eigenvalue weighted by Gasteiger charge is -2.16. The molecule has 0 radical (unpaired) electrons. The van der Waals surface area contributed by atoms with Crippen molar-refractivity contribution in [3.8, 4) is 0 Å². The number of nitrogens with zero attached hydrogens (tertiary/aromatic N) is 1. The Kier molecular flexibility index (Phi) is 7.18. The highest BCUT2D eigenvalue weighted by atomic mass is 35.5. The highest BCUT2D eigenvalue weighted by Gasteiger charge is 2.28. The average Bonchev–Trinajstić information content (AvgIpc) is 3.37. The number of anilines is 2. The zero-order valence-corrected chi connectivity index (χ0v) is 21.3. The molecular formula is C24H24ClN3O5S2. The van der Waals surface area contributed by atoms with E-state index in [0.29, 0.717) is 24.5 Å². The van der Waals surface area contributed by atoms with Crippen molar-refractivity contribution in [1.29, 1.82) is 0 Å². The fraction of sp³-hybridized carbons (Fsp3) is 0.208. The molecular weight excluding hydrogens is 510 g/mol. The van der Waals surface area contributed by atoms with Crippen LogP contribution in [0.1, 0.15) is 28.8 Å². The highest BCUT2D eigenvalue weighted by Crippen LogP contribution is 2.26. The van der Waals surface area contributed by atoms with Gasteiger partial charge in [-0.05, 0) is 74.4 Å². The smallest absolute Gasteiger partial charge is 0.261 e. The van der Waals surface area contributed by atoms with Gasteiger partial charge in [0.1, 0.15) is 0 Å². The molecule has 35 heavy (non-hydrogen) atoms. The van der Waals surface area contributed by atoms with E-state index in [-0.39, 0.29) is 20.4 Å². The number of rotatable bonds is 7. The van der Waals surface area contributed by atoms with Crippen molar-refractivity contribution in [2.45, 2.75) is 29.6 Å². The Labute approximate surface area is 210 Å². The van der Waals surface area contributed by atoms with Crippen LogP contribution in [0.15, 0.2) is 76.5 Å². The molecule has 1 fully saturated rings. The number of carbonyl (C=O) groups excluding carboxylic acids is 1. The molecule has 3 aromatic carbocycles. The second kappa shape index (κ2) is 9.98. The van der Waals surface area contributed by atoms with Crippen molar-refractivity contribution in [3.63, 3.8) is 0 Å². The lowest BCUT2D eigenvalue weighted by atomic mass is 10.2. The van der Waals surface area contributed by atoms with Gasteiger partial charge in [0.2, 0.25) is 10.0 Å². The van der Waals surface area contributed by atoms with Gasteiger partial charge in [0, 0.05) is 24.5 Å². The highest BCUT2D eigenvalue weighted by molar-refractivity contribution is 7.92. The first-order valence-corrected chi connectivity index (χ1v) is 14.2. The van der Waals surface area contributed by atoms with Crippen LogP contribution in [0.5, 0.6) is 0 Å². The van der Waals surface area contributed by atoms with Crippen LogP contribution in [0.25, 0.3) is 0 Å². The van der Waals surface area contributed by atoms with Gasteiger partial charge in [-0.1, -0.05) is 29.3 Å². The van der Waals surface area contributed by atoms with E-state index in [1.807, 2.05) is 6.92 Å². The second-order valence-electron chi connectivity index (χ2n) is 8.20. The Morgan fingerprint density at radius 2 is 1.40 bits per heavy atom. The fourth-order valence-corrected chi connectivity index (χ4v) is 6.47. The minimum atomic E-state index is -3.82. The lowest BCUT2D eigenvalue weighted by molar-refractivity contribution is 0.102. The number of sulfonamides is 2. The van der Waals surface area contributed by atoms with Gasteiger partial charge in [-0.15, -0.1) is 0 Å². The van der Waals surface area contributed by atoms with Crippen LogP contribution in [0.4, 0.5) is 11.4 Å². The van der Waals surface area contributed by atoms with Gasteiger partial charge in [-0.25, -0.2) is 16.8 Å². The molecule has 1 amide bonds. The molecule has 11 heteroatoms. The van der Waals surface area contributed by atoms with Gasteiger partial charge in [-0.2, -0.15) is 4.31 Å². The van der Waals surface area contributed by atoms with E-state index in [1.165, 1.54) is 46.8 Å². The van der Waals surface area contributed by atoms with Crippen LogP contribution >= 0.6 is 11.6 Å². The SMILES string of the molecule is Cc1ccc(NS(=O)(=O)c2ccc(NC(=O)c3cc(S(=O)(=O)N4CCCC4)ccc3Cl)cc2)cc1. The molecule has 0 unspecified atom stereocenters. The molecule has 8 nitrogen and oxygen atoms in total. The Hall–Kier alpha value is -2.92. The van der Waals surface area contributed by atoms with Gasteiger partial charge in [0.25, 0.3) is 15.9 Å². The third-order valence-electron chi connectivity index (χ3n) is 5.61. The molecule has 0 saturated carbocycles. The first-order valence-electron chi connectivity index (χ1n) is 10.9. The summed E-state index contributed by atoms with van der Waals surface area (Å²) in [6, 6.07) is 16.6. The summed E-state index contributed by atoms with van der Waals surface area (Å²) in [4.78, 5) is 12.9. The summed E-state index contributed by atoms with van der Waals surface area (Å²) in [7, 11) is -7.53. The minimum Gasteiger partial charge on any atom is -0.322 e. The van der Waals surface area contributed by atoms with Crippen molar-refractivity contribution in [3.05, 3.63) is 82.9 Å². The first-order chi connectivity index (χ1) is 16.6. The quantitative estimate of drug-likeness (QED) is 0.465. The van der Waals surface area contributed by atoms with Crippen molar-refractivity contribution in [2.75, 3.05) is 23.1 Å². The van der Waals surface area contributed by atoms with Gasteiger partial charge in [0.05, 0.1) is 20.4 Å². The Bertz CT molecular complexity index is 1450. The number of aryl methyl sites for hydroxylation is 1. The number of hydrogen-bond donors (Lipinski definition) is 2. The van der Waals surface area contributed by atoms with Crippen molar-refractivity contribution < 1.29 is 21.6 Å².